The van der Waals surface area contributed by atoms with Gasteiger partial charge in [0.05, 0.1) is 7.11 Å². The monoisotopic (exact) mass is 301 g/mol. The highest BCUT2D eigenvalue weighted by molar-refractivity contribution is 5.97. The highest BCUT2D eigenvalue weighted by Crippen LogP contribution is 2.17. The van der Waals surface area contributed by atoms with Crippen molar-refractivity contribution >= 4 is 5.91 Å². The molecule has 0 fully saturated rings. The summed E-state index contributed by atoms with van der Waals surface area (Å²) in [6.45, 7) is 4.50. The Morgan fingerprint density at radius 1 is 1.45 bits per heavy atom. The van der Waals surface area contributed by atoms with Gasteiger partial charge in [-0.25, -0.2) is 0 Å². The van der Waals surface area contributed by atoms with Crippen molar-refractivity contribution in [3.05, 3.63) is 41.6 Å². The summed E-state index contributed by atoms with van der Waals surface area (Å²) in [4.78, 5) is 11.8. The van der Waals surface area contributed by atoms with Crippen LogP contribution in [0.5, 0.6) is 5.75 Å². The lowest BCUT2D eigenvalue weighted by molar-refractivity contribution is -0.117. The fraction of sp³-hybridized carbons (Fsp3) is 0.412. The molecule has 0 radical (unpaired) electrons. The summed E-state index contributed by atoms with van der Waals surface area (Å²) in [5, 5.41) is 14.8. The summed E-state index contributed by atoms with van der Waals surface area (Å²) in [5.74, 6) is 0.491. The number of rotatable bonds is 8. The fourth-order valence-electron chi connectivity index (χ4n) is 1.84. The molecule has 2 N–H and O–H groups in total. The molecule has 0 saturated carbocycles. The average Bonchev–Trinajstić information content (AvgIpc) is 2.54. The normalized spacial score (nSPS) is 12.2. The molecule has 118 valence electrons. The van der Waals surface area contributed by atoms with Gasteiger partial charge in [-0.3, -0.25) is 4.79 Å². The molecule has 1 atom stereocenters. The molecular weight excluding hydrogens is 278 g/mol. The van der Waals surface area contributed by atoms with Crippen molar-refractivity contribution in [3.8, 4) is 11.8 Å². The van der Waals surface area contributed by atoms with Crippen LogP contribution in [0, 0.1) is 11.3 Å². The van der Waals surface area contributed by atoms with Crippen LogP contribution in [0.15, 0.2) is 36.0 Å². The number of methoxy groups -OCH3 is 1. The summed E-state index contributed by atoms with van der Waals surface area (Å²) < 4.78 is 5.28. The minimum atomic E-state index is -0.346. The quantitative estimate of drug-likeness (QED) is 0.438. The Balaban J connectivity index is 2.52. The lowest BCUT2D eigenvalue weighted by atomic mass is 10.1. The van der Waals surface area contributed by atoms with Crippen LogP contribution in [0.4, 0.5) is 0 Å². The fourth-order valence-corrected chi connectivity index (χ4v) is 1.84. The van der Waals surface area contributed by atoms with Gasteiger partial charge in [-0.15, -0.1) is 0 Å². The second-order valence-corrected chi connectivity index (χ2v) is 4.97. The van der Waals surface area contributed by atoms with Crippen LogP contribution in [-0.4, -0.2) is 25.6 Å². The molecule has 1 amide bonds. The van der Waals surface area contributed by atoms with Gasteiger partial charge in [-0.2, -0.15) is 5.26 Å². The van der Waals surface area contributed by atoms with Gasteiger partial charge in [-0.1, -0.05) is 25.1 Å². The molecule has 0 spiro atoms. The number of para-hydroxylation sites is 1. The van der Waals surface area contributed by atoms with Gasteiger partial charge in [0.2, 0.25) is 0 Å². The molecule has 1 aromatic carbocycles. The highest BCUT2D eigenvalue weighted by atomic mass is 16.5. The molecule has 0 aliphatic rings. The van der Waals surface area contributed by atoms with Crippen LogP contribution in [0.2, 0.25) is 0 Å². The van der Waals surface area contributed by atoms with E-state index in [1.165, 1.54) is 6.20 Å². The molecule has 0 saturated heterocycles. The Labute approximate surface area is 132 Å². The van der Waals surface area contributed by atoms with Gasteiger partial charge in [0, 0.05) is 18.8 Å². The van der Waals surface area contributed by atoms with Crippen molar-refractivity contribution < 1.29 is 9.53 Å². The molecule has 5 nitrogen and oxygen atoms in total. The predicted molar refractivity (Wildman–Crippen MR) is 86.3 cm³/mol. The van der Waals surface area contributed by atoms with E-state index < -0.39 is 0 Å². The molecule has 22 heavy (non-hydrogen) atoms. The number of nitrogens with zero attached hydrogens (tertiary/aromatic N) is 1. The Kier molecular flexibility index (Phi) is 7.55. The third kappa shape index (κ3) is 5.49. The topological polar surface area (TPSA) is 74.2 Å². The number of ether oxygens (including phenoxy) is 1. The van der Waals surface area contributed by atoms with Gasteiger partial charge in [-0.05, 0) is 31.4 Å². The minimum absolute atomic E-state index is 0.0535. The highest BCUT2D eigenvalue weighted by Gasteiger charge is 2.10. The second kappa shape index (κ2) is 9.46. The van der Waals surface area contributed by atoms with E-state index >= 15 is 0 Å². The number of nitriles is 1. The van der Waals surface area contributed by atoms with Gasteiger partial charge >= 0.3 is 0 Å². The SMILES string of the molecule is CCC(C)NC(=O)/C(C#N)=C\NCCc1ccccc1OC. The Morgan fingerprint density at radius 2 is 2.18 bits per heavy atom. The predicted octanol–water partition coefficient (Wildman–Crippen LogP) is 2.15. The lowest BCUT2D eigenvalue weighted by Gasteiger charge is -2.11. The maximum Gasteiger partial charge on any atom is 0.263 e. The van der Waals surface area contributed by atoms with E-state index in [2.05, 4.69) is 10.6 Å². The first kappa shape index (κ1) is 17.6. The largest absolute Gasteiger partial charge is 0.496 e. The van der Waals surface area contributed by atoms with Crippen molar-refractivity contribution in [2.24, 2.45) is 0 Å². The summed E-state index contributed by atoms with van der Waals surface area (Å²) in [5.41, 5.74) is 1.16. The molecule has 1 rings (SSSR count). The van der Waals surface area contributed by atoms with Crippen molar-refractivity contribution in [3.63, 3.8) is 0 Å². The summed E-state index contributed by atoms with van der Waals surface area (Å²) in [6, 6.07) is 9.74. The third-order valence-electron chi connectivity index (χ3n) is 3.33. The molecular formula is C17H23N3O2. The van der Waals surface area contributed by atoms with Gasteiger partial charge < -0.3 is 15.4 Å². The van der Waals surface area contributed by atoms with E-state index in [9.17, 15) is 4.79 Å². The molecule has 1 aromatic rings. The Hall–Kier alpha value is -2.48. The van der Waals surface area contributed by atoms with Crippen LogP contribution in [0.3, 0.4) is 0 Å². The van der Waals surface area contributed by atoms with Crippen LogP contribution >= 0.6 is 0 Å². The summed E-state index contributed by atoms with van der Waals surface area (Å²) in [6.07, 6.45) is 3.03. The van der Waals surface area contributed by atoms with Crippen molar-refractivity contribution in [1.29, 1.82) is 5.26 Å². The smallest absolute Gasteiger partial charge is 0.263 e. The van der Waals surface area contributed by atoms with Crippen LogP contribution in [0.1, 0.15) is 25.8 Å². The lowest BCUT2D eigenvalue weighted by Crippen LogP contribution is -2.33. The standard InChI is InChI=1S/C17H23N3O2/c1-4-13(2)20-17(21)15(11-18)12-19-10-9-14-7-5-6-8-16(14)22-3/h5-8,12-13,19H,4,9-10H2,1-3H3,(H,20,21)/b15-12-. The van der Waals surface area contributed by atoms with Gasteiger partial charge in [0.15, 0.2) is 0 Å². The van der Waals surface area contributed by atoms with Crippen molar-refractivity contribution in [1.82, 2.24) is 10.6 Å². The van der Waals surface area contributed by atoms with E-state index in [0.717, 1.165) is 24.2 Å². The first-order chi connectivity index (χ1) is 10.6. The van der Waals surface area contributed by atoms with Crippen LogP contribution in [-0.2, 0) is 11.2 Å². The van der Waals surface area contributed by atoms with Crippen molar-refractivity contribution in [2.75, 3.05) is 13.7 Å². The molecule has 0 heterocycles. The second-order valence-electron chi connectivity index (χ2n) is 4.97. The van der Waals surface area contributed by atoms with Crippen molar-refractivity contribution in [2.45, 2.75) is 32.7 Å². The van der Waals surface area contributed by atoms with Gasteiger partial charge in [0.1, 0.15) is 17.4 Å². The third-order valence-corrected chi connectivity index (χ3v) is 3.33. The molecule has 0 aromatic heterocycles. The van der Waals surface area contributed by atoms with E-state index in [4.69, 9.17) is 10.00 Å². The number of hydrogen-bond acceptors (Lipinski definition) is 4. The van der Waals surface area contributed by atoms with Gasteiger partial charge in [0.25, 0.3) is 5.91 Å². The molecule has 0 aliphatic carbocycles. The number of amides is 1. The maximum absolute atomic E-state index is 11.8. The number of benzene rings is 1. The summed E-state index contributed by atoms with van der Waals surface area (Å²) in [7, 11) is 1.64. The zero-order valence-electron chi connectivity index (χ0n) is 13.3. The Morgan fingerprint density at radius 3 is 2.82 bits per heavy atom. The maximum atomic E-state index is 11.8. The molecule has 5 heteroatoms. The zero-order chi connectivity index (χ0) is 16.4. The molecule has 1 unspecified atom stereocenters. The summed E-state index contributed by atoms with van der Waals surface area (Å²) >= 11 is 0. The molecule has 0 aliphatic heterocycles. The van der Waals surface area contributed by atoms with Crippen LogP contribution < -0.4 is 15.4 Å². The minimum Gasteiger partial charge on any atom is -0.496 e. The Bertz CT molecular complexity index is 561. The number of carbonyl (C=O) groups is 1. The van der Waals surface area contributed by atoms with E-state index in [-0.39, 0.29) is 17.5 Å². The van der Waals surface area contributed by atoms with Crippen LogP contribution in [0.25, 0.3) is 0 Å². The average molecular weight is 301 g/mol. The first-order valence-corrected chi connectivity index (χ1v) is 7.38. The van der Waals surface area contributed by atoms with E-state index in [1.54, 1.807) is 7.11 Å². The number of hydrogen-bond donors (Lipinski definition) is 2. The van der Waals surface area contributed by atoms with E-state index in [1.807, 2.05) is 44.2 Å². The number of nitrogens with one attached hydrogen (secondary N) is 2. The first-order valence-electron chi connectivity index (χ1n) is 7.38. The number of carbonyl (C=O) groups excluding carboxylic acids is 1. The zero-order valence-corrected chi connectivity index (χ0v) is 13.3. The molecule has 0 bridgehead atoms. The van der Waals surface area contributed by atoms with E-state index in [0.29, 0.717) is 6.54 Å².